The standard InChI is InChI=1S/C27H28BrN3O5/c28-21-7-9-22(10-8-21)29-27(36)31(15-18-5-11-23(32)12-6-18)17-24(33)25(34)26(35)30-14-13-19-3-1-2-4-20(19)16-30/h1-12,24-25,32-34H,13-17H2,(H,29,36). The molecule has 3 amide bonds. The summed E-state index contributed by atoms with van der Waals surface area (Å²) in [4.78, 5) is 28.9. The molecule has 2 unspecified atom stereocenters. The van der Waals surface area contributed by atoms with E-state index in [1.165, 1.54) is 27.5 Å². The quantitative estimate of drug-likeness (QED) is 0.357. The lowest BCUT2D eigenvalue weighted by molar-refractivity contribution is -0.147. The Morgan fingerprint density at radius 2 is 1.64 bits per heavy atom. The lowest BCUT2D eigenvalue weighted by atomic mass is 9.99. The van der Waals surface area contributed by atoms with E-state index in [9.17, 15) is 24.9 Å². The molecule has 4 rings (SSSR count). The average molecular weight is 554 g/mol. The van der Waals surface area contributed by atoms with Crippen LogP contribution in [0.3, 0.4) is 0 Å². The molecular formula is C27H28BrN3O5. The van der Waals surface area contributed by atoms with E-state index in [4.69, 9.17) is 0 Å². The SMILES string of the molecule is O=C(Nc1ccc(Br)cc1)N(Cc1ccc(O)cc1)CC(O)C(O)C(=O)N1CCc2ccccc2C1. The number of nitrogens with zero attached hydrogens (tertiary/aromatic N) is 2. The zero-order valence-corrected chi connectivity index (χ0v) is 21.1. The summed E-state index contributed by atoms with van der Waals surface area (Å²) in [6, 6.07) is 20.7. The summed E-state index contributed by atoms with van der Waals surface area (Å²) < 4.78 is 0.860. The molecule has 8 nitrogen and oxygen atoms in total. The number of fused-ring (bicyclic) bond motifs is 1. The molecule has 1 heterocycles. The van der Waals surface area contributed by atoms with Crippen LogP contribution in [0.4, 0.5) is 10.5 Å². The Balaban J connectivity index is 1.45. The lowest BCUT2D eigenvalue weighted by Crippen LogP contribution is -2.51. The molecule has 3 aromatic carbocycles. The highest BCUT2D eigenvalue weighted by atomic mass is 79.9. The first-order chi connectivity index (χ1) is 17.3. The highest BCUT2D eigenvalue weighted by Crippen LogP contribution is 2.21. The summed E-state index contributed by atoms with van der Waals surface area (Å²) in [5, 5.41) is 33.8. The highest BCUT2D eigenvalue weighted by Gasteiger charge is 2.32. The number of anilines is 1. The van der Waals surface area contributed by atoms with Crippen molar-refractivity contribution in [1.82, 2.24) is 9.80 Å². The van der Waals surface area contributed by atoms with Gasteiger partial charge in [0.1, 0.15) is 11.9 Å². The first-order valence-electron chi connectivity index (χ1n) is 11.6. The van der Waals surface area contributed by atoms with Crippen molar-refractivity contribution in [3.63, 3.8) is 0 Å². The smallest absolute Gasteiger partial charge is 0.322 e. The Hall–Kier alpha value is -3.40. The molecule has 0 radical (unpaired) electrons. The van der Waals surface area contributed by atoms with Crippen molar-refractivity contribution in [2.45, 2.75) is 31.7 Å². The van der Waals surface area contributed by atoms with E-state index in [1.807, 2.05) is 24.3 Å². The van der Waals surface area contributed by atoms with Crippen LogP contribution in [-0.2, 0) is 24.3 Å². The molecule has 0 aliphatic carbocycles. The van der Waals surface area contributed by atoms with Crippen LogP contribution in [0.2, 0.25) is 0 Å². The minimum Gasteiger partial charge on any atom is -0.508 e. The second kappa shape index (κ2) is 11.6. The van der Waals surface area contributed by atoms with Crippen molar-refractivity contribution in [3.05, 3.63) is 94.0 Å². The van der Waals surface area contributed by atoms with E-state index in [0.29, 0.717) is 30.8 Å². The molecule has 9 heteroatoms. The van der Waals surface area contributed by atoms with Crippen LogP contribution in [0, 0.1) is 0 Å². The zero-order valence-electron chi connectivity index (χ0n) is 19.5. The number of amides is 3. The van der Waals surface area contributed by atoms with Gasteiger partial charge in [-0.05, 0) is 59.5 Å². The summed E-state index contributed by atoms with van der Waals surface area (Å²) >= 11 is 3.35. The minimum absolute atomic E-state index is 0.0915. The summed E-state index contributed by atoms with van der Waals surface area (Å²) in [6.07, 6.45) is -2.51. The summed E-state index contributed by atoms with van der Waals surface area (Å²) in [6.45, 7) is 0.624. The summed E-state index contributed by atoms with van der Waals surface area (Å²) in [5.41, 5.74) is 3.44. The second-order valence-electron chi connectivity index (χ2n) is 8.77. The van der Waals surface area contributed by atoms with Crippen LogP contribution < -0.4 is 5.32 Å². The third-order valence-corrected chi connectivity index (χ3v) is 6.69. The number of benzene rings is 3. The maximum Gasteiger partial charge on any atom is 0.322 e. The molecule has 1 aliphatic heterocycles. The number of aliphatic hydroxyl groups is 2. The fourth-order valence-corrected chi connectivity index (χ4v) is 4.40. The Morgan fingerprint density at radius 1 is 0.972 bits per heavy atom. The molecule has 4 N–H and O–H groups in total. The van der Waals surface area contributed by atoms with E-state index in [-0.39, 0.29) is 18.8 Å². The average Bonchev–Trinajstić information content (AvgIpc) is 2.89. The number of carbonyl (C=O) groups excluding carboxylic acids is 2. The fourth-order valence-electron chi connectivity index (χ4n) is 4.14. The van der Waals surface area contributed by atoms with Gasteiger partial charge < -0.3 is 30.4 Å². The Bertz CT molecular complexity index is 1200. The molecule has 0 saturated carbocycles. The maximum atomic E-state index is 13.1. The van der Waals surface area contributed by atoms with E-state index in [1.54, 1.807) is 36.4 Å². The number of aromatic hydroxyl groups is 1. The first kappa shape index (κ1) is 25.7. The van der Waals surface area contributed by atoms with Gasteiger partial charge in [0.05, 0.1) is 6.54 Å². The second-order valence-corrected chi connectivity index (χ2v) is 9.69. The topological polar surface area (TPSA) is 113 Å². The molecule has 188 valence electrons. The summed E-state index contributed by atoms with van der Waals surface area (Å²) in [5.74, 6) is -0.483. The first-order valence-corrected chi connectivity index (χ1v) is 12.4. The third kappa shape index (κ3) is 6.42. The lowest BCUT2D eigenvalue weighted by Gasteiger charge is -2.33. The van der Waals surface area contributed by atoms with E-state index >= 15 is 0 Å². The Labute approximate surface area is 217 Å². The van der Waals surface area contributed by atoms with Gasteiger partial charge in [-0.25, -0.2) is 4.79 Å². The van der Waals surface area contributed by atoms with Crippen LogP contribution in [0.25, 0.3) is 0 Å². The van der Waals surface area contributed by atoms with Crippen LogP contribution in [0.1, 0.15) is 16.7 Å². The maximum absolute atomic E-state index is 13.1. The molecule has 0 bridgehead atoms. The number of aliphatic hydroxyl groups excluding tert-OH is 2. The molecular weight excluding hydrogens is 526 g/mol. The predicted octanol–water partition coefficient (Wildman–Crippen LogP) is 3.50. The normalized spacial score (nSPS) is 14.5. The van der Waals surface area contributed by atoms with Gasteiger partial charge in [0.15, 0.2) is 6.10 Å². The number of carbonyl (C=O) groups is 2. The number of phenols is 1. The van der Waals surface area contributed by atoms with Gasteiger partial charge in [0, 0.05) is 29.8 Å². The molecule has 0 fully saturated rings. The highest BCUT2D eigenvalue weighted by molar-refractivity contribution is 9.10. The number of hydrogen-bond donors (Lipinski definition) is 4. The van der Waals surface area contributed by atoms with E-state index < -0.39 is 24.1 Å². The molecule has 1 aliphatic rings. The number of rotatable bonds is 7. The summed E-state index contributed by atoms with van der Waals surface area (Å²) in [7, 11) is 0. The number of halogens is 1. The van der Waals surface area contributed by atoms with E-state index in [2.05, 4.69) is 21.2 Å². The van der Waals surface area contributed by atoms with Crippen molar-refractivity contribution >= 4 is 33.6 Å². The van der Waals surface area contributed by atoms with Crippen molar-refractivity contribution in [2.24, 2.45) is 0 Å². The van der Waals surface area contributed by atoms with Crippen LogP contribution in [0.5, 0.6) is 5.75 Å². The number of urea groups is 1. The van der Waals surface area contributed by atoms with Gasteiger partial charge in [-0.3, -0.25) is 4.79 Å². The van der Waals surface area contributed by atoms with Gasteiger partial charge in [-0.2, -0.15) is 0 Å². The largest absolute Gasteiger partial charge is 0.508 e. The molecule has 0 aromatic heterocycles. The van der Waals surface area contributed by atoms with Gasteiger partial charge in [-0.1, -0.05) is 52.3 Å². The number of hydrogen-bond acceptors (Lipinski definition) is 5. The van der Waals surface area contributed by atoms with Gasteiger partial charge in [0.25, 0.3) is 5.91 Å². The molecule has 3 aromatic rings. The van der Waals surface area contributed by atoms with Gasteiger partial charge >= 0.3 is 6.03 Å². The van der Waals surface area contributed by atoms with E-state index in [0.717, 1.165) is 10.0 Å². The van der Waals surface area contributed by atoms with Crippen molar-refractivity contribution in [3.8, 4) is 5.75 Å². The van der Waals surface area contributed by atoms with Crippen LogP contribution in [0.15, 0.2) is 77.3 Å². The van der Waals surface area contributed by atoms with Crippen molar-refractivity contribution < 1.29 is 24.9 Å². The van der Waals surface area contributed by atoms with Crippen molar-refractivity contribution in [2.75, 3.05) is 18.4 Å². The molecule has 2 atom stereocenters. The monoisotopic (exact) mass is 553 g/mol. The third-order valence-electron chi connectivity index (χ3n) is 6.16. The zero-order chi connectivity index (χ0) is 25.7. The number of phenolic OH excluding ortho intramolecular Hbond substituents is 1. The van der Waals surface area contributed by atoms with Gasteiger partial charge in [-0.15, -0.1) is 0 Å². The molecule has 0 spiro atoms. The number of nitrogens with one attached hydrogen (secondary N) is 1. The predicted molar refractivity (Wildman–Crippen MR) is 139 cm³/mol. The van der Waals surface area contributed by atoms with Crippen molar-refractivity contribution in [1.29, 1.82) is 0 Å². The Kier molecular flexibility index (Phi) is 8.25. The molecule has 36 heavy (non-hydrogen) atoms. The fraction of sp³-hybridized carbons (Fsp3) is 0.259. The van der Waals surface area contributed by atoms with Crippen LogP contribution in [-0.4, -0.2) is 62.4 Å². The van der Waals surface area contributed by atoms with Crippen LogP contribution >= 0.6 is 15.9 Å². The minimum atomic E-state index is -1.68. The molecule has 0 saturated heterocycles. The Morgan fingerprint density at radius 3 is 2.33 bits per heavy atom. The van der Waals surface area contributed by atoms with Gasteiger partial charge in [0.2, 0.25) is 0 Å².